The van der Waals surface area contributed by atoms with E-state index in [1.165, 1.54) is 22.5 Å². The molecule has 1 saturated heterocycles. The fourth-order valence-corrected chi connectivity index (χ4v) is 5.24. The van der Waals surface area contributed by atoms with Crippen molar-refractivity contribution in [2.24, 2.45) is 0 Å². The molecule has 1 N–H and O–H groups in total. The van der Waals surface area contributed by atoms with Gasteiger partial charge in [0.2, 0.25) is 10.0 Å². The second-order valence-corrected chi connectivity index (χ2v) is 9.36. The second-order valence-electron chi connectivity index (χ2n) is 7.04. The van der Waals surface area contributed by atoms with Gasteiger partial charge in [-0.1, -0.05) is 29.3 Å². The Kier molecular flexibility index (Phi) is 6.09. The maximum Gasteiger partial charge on any atom is 0.255 e. The molecule has 3 rings (SSSR count). The van der Waals surface area contributed by atoms with Gasteiger partial charge in [0, 0.05) is 24.3 Å². The largest absolute Gasteiger partial charge is 0.373 e. The van der Waals surface area contributed by atoms with E-state index in [2.05, 4.69) is 5.32 Å². The predicted octanol–water partition coefficient (Wildman–Crippen LogP) is 3.70. The average molecular weight is 423 g/mol. The number of rotatable bonds is 4. The number of amides is 1. The van der Waals surface area contributed by atoms with Gasteiger partial charge in [-0.25, -0.2) is 8.42 Å². The van der Waals surface area contributed by atoms with Crippen LogP contribution in [-0.2, 0) is 14.8 Å². The Morgan fingerprint density at radius 2 is 1.71 bits per heavy atom. The van der Waals surface area contributed by atoms with Crippen LogP contribution >= 0.6 is 11.6 Å². The van der Waals surface area contributed by atoms with Crippen molar-refractivity contribution in [3.8, 4) is 0 Å². The van der Waals surface area contributed by atoms with Crippen LogP contribution in [0.3, 0.4) is 0 Å². The highest BCUT2D eigenvalue weighted by atomic mass is 35.5. The lowest BCUT2D eigenvalue weighted by molar-refractivity contribution is -0.0440. The third-order valence-corrected chi connectivity index (χ3v) is 6.82. The Morgan fingerprint density at radius 1 is 1.11 bits per heavy atom. The van der Waals surface area contributed by atoms with Crippen LogP contribution in [-0.4, -0.2) is 43.9 Å². The van der Waals surface area contributed by atoms with Crippen molar-refractivity contribution in [1.29, 1.82) is 0 Å². The Morgan fingerprint density at radius 3 is 2.32 bits per heavy atom. The molecule has 1 heterocycles. The van der Waals surface area contributed by atoms with Crippen LogP contribution in [0.4, 0.5) is 5.69 Å². The van der Waals surface area contributed by atoms with Crippen LogP contribution in [0.15, 0.2) is 47.4 Å². The summed E-state index contributed by atoms with van der Waals surface area (Å²) < 4.78 is 33.2. The number of ether oxygens (including phenoxy) is 1. The monoisotopic (exact) mass is 422 g/mol. The van der Waals surface area contributed by atoms with E-state index in [0.717, 1.165) is 5.56 Å². The molecule has 28 heavy (non-hydrogen) atoms. The zero-order chi connectivity index (χ0) is 20.5. The number of nitrogens with one attached hydrogen (secondary N) is 1. The normalized spacial score (nSPS) is 20.7. The topological polar surface area (TPSA) is 75.7 Å². The van der Waals surface area contributed by atoms with Crippen LogP contribution in [0, 0.1) is 6.92 Å². The fourth-order valence-electron chi connectivity index (χ4n) is 3.15. The van der Waals surface area contributed by atoms with Crippen LogP contribution in [0.1, 0.15) is 29.8 Å². The molecule has 1 aliphatic heterocycles. The first-order valence-corrected chi connectivity index (χ1v) is 10.8. The maximum atomic E-state index is 13.1. The molecular weight excluding hydrogens is 400 g/mol. The first kappa shape index (κ1) is 20.8. The third kappa shape index (κ3) is 4.55. The Labute approximate surface area is 170 Å². The zero-order valence-electron chi connectivity index (χ0n) is 16.0. The number of aryl methyl sites for hydroxylation is 1. The summed E-state index contributed by atoms with van der Waals surface area (Å²) in [7, 11) is -3.85. The highest BCUT2D eigenvalue weighted by Gasteiger charge is 2.33. The molecule has 1 amide bonds. The lowest BCUT2D eigenvalue weighted by Crippen LogP contribution is -2.48. The average Bonchev–Trinajstić information content (AvgIpc) is 2.63. The summed E-state index contributed by atoms with van der Waals surface area (Å²) in [5.41, 5.74) is 1.93. The van der Waals surface area contributed by atoms with Crippen molar-refractivity contribution < 1.29 is 17.9 Å². The van der Waals surface area contributed by atoms with E-state index in [-0.39, 0.29) is 40.8 Å². The summed E-state index contributed by atoms with van der Waals surface area (Å²) in [6.07, 6.45) is -0.435. The number of hydrogen-bond donors (Lipinski definition) is 1. The smallest absolute Gasteiger partial charge is 0.255 e. The predicted molar refractivity (Wildman–Crippen MR) is 109 cm³/mol. The number of sulfonamides is 1. The maximum absolute atomic E-state index is 13.1. The summed E-state index contributed by atoms with van der Waals surface area (Å²) in [6, 6.07) is 11.6. The summed E-state index contributed by atoms with van der Waals surface area (Å²) >= 11 is 6.19. The molecule has 2 aromatic rings. The van der Waals surface area contributed by atoms with Crippen molar-refractivity contribution in [2.45, 2.75) is 37.9 Å². The molecular formula is C20H23ClN2O4S. The Balaban J connectivity index is 1.88. The standard InChI is InChI=1S/C20H23ClN2O4S/c1-13-4-7-17(8-5-13)22-20(24)16-6-9-18(21)19(10-16)28(25,26)23-11-14(2)27-15(3)12-23/h4-10,14-15H,11-12H2,1-3H3,(H,22,24). The highest BCUT2D eigenvalue weighted by Crippen LogP contribution is 2.28. The van der Waals surface area contributed by atoms with Gasteiger partial charge in [-0.05, 0) is 51.1 Å². The summed E-state index contributed by atoms with van der Waals surface area (Å²) in [5, 5.41) is 2.85. The first-order chi connectivity index (χ1) is 13.2. The van der Waals surface area contributed by atoms with E-state index < -0.39 is 15.9 Å². The second kappa shape index (κ2) is 8.21. The number of nitrogens with zero attached hydrogens (tertiary/aromatic N) is 1. The van der Waals surface area contributed by atoms with E-state index >= 15 is 0 Å². The first-order valence-electron chi connectivity index (χ1n) is 9.00. The zero-order valence-corrected chi connectivity index (χ0v) is 17.5. The van der Waals surface area contributed by atoms with Gasteiger partial charge in [-0.2, -0.15) is 4.31 Å². The molecule has 8 heteroatoms. The Hall–Kier alpha value is -1.93. The molecule has 0 aliphatic carbocycles. The van der Waals surface area contributed by atoms with Gasteiger partial charge in [-0.15, -0.1) is 0 Å². The molecule has 1 aliphatic rings. The summed E-state index contributed by atoms with van der Waals surface area (Å²) in [4.78, 5) is 12.5. The van der Waals surface area contributed by atoms with E-state index in [4.69, 9.17) is 16.3 Å². The van der Waals surface area contributed by atoms with Gasteiger partial charge in [-0.3, -0.25) is 4.79 Å². The number of halogens is 1. The molecule has 0 spiro atoms. The molecule has 0 aromatic heterocycles. The number of carbonyl (C=O) groups is 1. The van der Waals surface area contributed by atoms with Gasteiger partial charge in [0.15, 0.2) is 0 Å². The SMILES string of the molecule is Cc1ccc(NC(=O)c2ccc(Cl)c(S(=O)(=O)N3CC(C)OC(C)C3)c2)cc1. The van der Waals surface area contributed by atoms with Crippen LogP contribution in [0.2, 0.25) is 5.02 Å². The minimum absolute atomic E-state index is 0.0768. The molecule has 2 aromatic carbocycles. The number of hydrogen-bond acceptors (Lipinski definition) is 4. The third-order valence-electron chi connectivity index (χ3n) is 4.51. The van der Waals surface area contributed by atoms with Crippen LogP contribution < -0.4 is 5.32 Å². The molecule has 2 unspecified atom stereocenters. The van der Waals surface area contributed by atoms with Crippen molar-refractivity contribution >= 4 is 33.2 Å². The molecule has 0 saturated carbocycles. The Bertz CT molecular complexity index is 966. The van der Waals surface area contributed by atoms with Crippen molar-refractivity contribution in [3.63, 3.8) is 0 Å². The highest BCUT2D eigenvalue weighted by molar-refractivity contribution is 7.89. The summed E-state index contributed by atoms with van der Waals surface area (Å²) in [6.45, 7) is 6.08. The number of morpholine rings is 1. The number of benzene rings is 2. The molecule has 0 radical (unpaired) electrons. The number of carbonyl (C=O) groups excluding carboxylic acids is 1. The van der Waals surface area contributed by atoms with Crippen LogP contribution in [0.25, 0.3) is 0 Å². The van der Waals surface area contributed by atoms with E-state index in [0.29, 0.717) is 5.69 Å². The van der Waals surface area contributed by atoms with E-state index in [1.54, 1.807) is 12.1 Å². The minimum atomic E-state index is -3.85. The quantitative estimate of drug-likeness (QED) is 0.815. The van der Waals surface area contributed by atoms with Crippen LogP contribution in [0.5, 0.6) is 0 Å². The van der Waals surface area contributed by atoms with Gasteiger partial charge in [0.1, 0.15) is 4.90 Å². The van der Waals surface area contributed by atoms with Gasteiger partial charge < -0.3 is 10.1 Å². The van der Waals surface area contributed by atoms with Gasteiger partial charge in [0.05, 0.1) is 17.2 Å². The van der Waals surface area contributed by atoms with Crippen molar-refractivity contribution in [3.05, 3.63) is 58.6 Å². The molecule has 0 bridgehead atoms. The van der Waals surface area contributed by atoms with E-state index in [1.807, 2.05) is 32.9 Å². The van der Waals surface area contributed by atoms with Gasteiger partial charge in [0.25, 0.3) is 5.91 Å². The molecule has 2 atom stereocenters. The lowest BCUT2D eigenvalue weighted by Gasteiger charge is -2.34. The summed E-state index contributed by atoms with van der Waals surface area (Å²) in [5.74, 6) is -0.402. The van der Waals surface area contributed by atoms with E-state index in [9.17, 15) is 13.2 Å². The molecule has 150 valence electrons. The van der Waals surface area contributed by atoms with Gasteiger partial charge >= 0.3 is 0 Å². The van der Waals surface area contributed by atoms with Crippen molar-refractivity contribution in [2.75, 3.05) is 18.4 Å². The fraction of sp³-hybridized carbons (Fsp3) is 0.350. The molecule has 6 nitrogen and oxygen atoms in total. The number of anilines is 1. The lowest BCUT2D eigenvalue weighted by atomic mass is 10.2. The minimum Gasteiger partial charge on any atom is -0.373 e. The molecule has 1 fully saturated rings. The van der Waals surface area contributed by atoms with Crippen molar-refractivity contribution in [1.82, 2.24) is 4.31 Å².